The van der Waals surface area contributed by atoms with Gasteiger partial charge >= 0.3 is 5.69 Å². The topological polar surface area (TPSA) is 49.8 Å². The highest BCUT2D eigenvalue weighted by atomic mass is 16.1. The molecule has 0 radical (unpaired) electrons. The predicted molar refractivity (Wildman–Crippen MR) is 64.3 cm³/mol. The van der Waals surface area contributed by atoms with Crippen LogP contribution in [0.1, 0.15) is 5.56 Å². The van der Waals surface area contributed by atoms with Gasteiger partial charge in [0.05, 0.1) is 17.6 Å². The van der Waals surface area contributed by atoms with E-state index in [9.17, 15) is 4.79 Å². The Kier molecular flexibility index (Phi) is 2.80. The molecule has 4 heteroatoms. The van der Waals surface area contributed by atoms with Gasteiger partial charge in [-0.25, -0.2) is 4.79 Å². The first-order valence-electron chi connectivity index (χ1n) is 5.04. The van der Waals surface area contributed by atoms with Crippen LogP contribution in [0.4, 0.5) is 0 Å². The van der Waals surface area contributed by atoms with Crippen LogP contribution < -0.4 is 11.0 Å². The monoisotopic (exact) mass is 215 g/mol. The highest BCUT2D eigenvalue weighted by Gasteiger charge is 2.02. The van der Waals surface area contributed by atoms with Crippen LogP contribution in [0.25, 0.3) is 11.0 Å². The summed E-state index contributed by atoms with van der Waals surface area (Å²) < 4.78 is 1.58. The summed E-state index contributed by atoms with van der Waals surface area (Å²) in [5, 5.41) is 2.96. The summed E-state index contributed by atoms with van der Waals surface area (Å²) >= 11 is 0. The fourth-order valence-electron chi connectivity index (χ4n) is 1.54. The summed E-state index contributed by atoms with van der Waals surface area (Å²) in [6, 6.07) is 5.69. The zero-order chi connectivity index (χ0) is 11.5. The van der Waals surface area contributed by atoms with E-state index in [0.717, 1.165) is 16.6 Å². The molecule has 0 aliphatic rings. The Balaban J connectivity index is 2.48. The second kappa shape index (κ2) is 4.25. The lowest BCUT2D eigenvalue weighted by Gasteiger charge is -1.94. The standard InChI is InChI=1S/C12H13N3O/c1-13-7-3-4-9-5-6-10-11(8-9)15(2)12(16)14-10/h5-6,8,13H,7H2,1-2H3,(H,14,16). The van der Waals surface area contributed by atoms with Crippen molar-refractivity contribution in [3.63, 3.8) is 0 Å². The number of aromatic nitrogens is 2. The second-order valence-corrected chi connectivity index (χ2v) is 3.55. The zero-order valence-corrected chi connectivity index (χ0v) is 9.29. The molecule has 16 heavy (non-hydrogen) atoms. The Labute approximate surface area is 93.3 Å². The minimum absolute atomic E-state index is 0.102. The first-order valence-corrected chi connectivity index (χ1v) is 5.04. The lowest BCUT2D eigenvalue weighted by atomic mass is 10.2. The van der Waals surface area contributed by atoms with E-state index in [-0.39, 0.29) is 5.69 Å². The molecule has 1 aromatic heterocycles. The molecule has 0 bridgehead atoms. The minimum atomic E-state index is -0.102. The molecule has 0 aliphatic heterocycles. The predicted octanol–water partition coefficient (Wildman–Crippen LogP) is 0.437. The van der Waals surface area contributed by atoms with Gasteiger partial charge in [0.25, 0.3) is 0 Å². The molecule has 0 spiro atoms. The van der Waals surface area contributed by atoms with Crippen LogP contribution in [0, 0.1) is 11.8 Å². The lowest BCUT2D eigenvalue weighted by Crippen LogP contribution is -2.11. The average Bonchev–Trinajstić information content (AvgIpc) is 2.56. The van der Waals surface area contributed by atoms with Crippen molar-refractivity contribution in [2.75, 3.05) is 13.6 Å². The third kappa shape index (κ3) is 1.86. The Morgan fingerprint density at radius 2 is 2.31 bits per heavy atom. The SMILES string of the molecule is CNCC#Cc1ccc2[nH]c(=O)n(C)c2c1. The molecule has 0 amide bonds. The maximum absolute atomic E-state index is 11.4. The van der Waals surface area contributed by atoms with Gasteiger partial charge in [-0.3, -0.25) is 4.57 Å². The van der Waals surface area contributed by atoms with E-state index in [0.29, 0.717) is 6.54 Å². The van der Waals surface area contributed by atoms with E-state index in [1.165, 1.54) is 0 Å². The highest BCUT2D eigenvalue weighted by Crippen LogP contribution is 2.10. The van der Waals surface area contributed by atoms with Crippen molar-refractivity contribution >= 4 is 11.0 Å². The number of hydrogen-bond acceptors (Lipinski definition) is 2. The number of rotatable bonds is 1. The number of aromatic amines is 1. The molecule has 0 saturated heterocycles. The number of hydrogen-bond donors (Lipinski definition) is 2. The number of H-pyrrole nitrogens is 1. The Hall–Kier alpha value is -1.99. The van der Waals surface area contributed by atoms with Crippen LogP contribution in [0.2, 0.25) is 0 Å². The molecule has 0 unspecified atom stereocenters. The van der Waals surface area contributed by atoms with Crippen LogP contribution in [-0.2, 0) is 7.05 Å². The molecule has 4 nitrogen and oxygen atoms in total. The Morgan fingerprint density at radius 1 is 1.50 bits per heavy atom. The summed E-state index contributed by atoms with van der Waals surface area (Å²) in [5.74, 6) is 6.02. The van der Waals surface area contributed by atoms with Gasteiger partial charge in [-0.1, -0.05) is 11.8 Å². The molecular weight excluding hydrogens is 202 g/mol. The molecule has 2 aromatic rings. The van der Waals surface area contributed by atoms with Gasteiger partial charge in [0, 0.05) is 12.6 Å². The molecule has 1 heterocycles. The number of benzene rings is 1. The molecule has 0 aliphatic carbocycles. The number of imidazole rings is 1. The average molecular weight is 215 g/mol. The van der Waals surface area contributed by atoms with Gasteiger partial charge in [-0.05, 0) is 25.2 Å². The molecule has 0 fully saturated rings. The van der Waals surface area contributed by atoms with Gasteiger partial charge in [0.1, 0.15) is 0 Å². The quantitative estimate of drug-likeness (QED) is 0.678. The zero-order valence-electron chi connectivity index (χ0n) is 9.29. The molecule has 2 rings (SSSR count). The van der Waals surface area contributed by atoms with Gasteiger partial charge in [0.2, 0.25) is 0 Å². The fourth-order valence-corrected chi connectivity index (χ4v) is 1.54. The van der Waals surface area contributed by atoms with Crippen molar-refractivity contribution in [1.29, 1.82) is 0 Å². The summed E-state index contributed by atoms with van der Waals surface area (Å²) in [4.78, 5) is 14.1. The van der Waals surface area contributed by atoms with Crippen LogP contribution in [0.3, 0.4) is 0 Å². The maximum Gasteiger partial charge on any atom is 0.326 e. The van der Waals surface area contributed by atoms with Crippen molar-refractivity contribution in [3.05, 3.63) is 34.2 Å². The van der Waals surface area contributed by atoms with Crippen molar-refractivity contribution < 1.29 is 0 Å². The molecule has 0 atom stereocenters. The van der Waals surface area contributed by atoms with Crippen LogP contribution in [-0.4, -0.2) is 23.1 Å². The molecule has 0 saturated carbocycles. The summed E-state index contributed by atoms with van der Waals surface area (Å²) in [5.41, 5.74) is 2.53. The first-order chi connectivity index (χ1) is 7.72. The second-order valence-electron chi connectivity index (χ2n) is 3.55. The molecule has 2 N–H and O–H groups in total. The fraction of sp³-hybridized carbons (Fsp3) is 0.250. The van der Waals surface area contributed by atoms with Crippen molar-refractivity contribution in [2.45, 2.75) is 0 Å². The largest absolute Gasteiger partial charge is 0.326 e. The van der Waals surface area contributed by atoms with Crippen molar-refractivity contribution in [2.24, 2.45) is 7.05 Å². The summed E-state index contributed by atoms with van der Waals surface area (Å²) in [6.45, 7) is 0.657. The van der Waals surface area contributed by atoms with E-state index in [1.807, 2.05) is 25.2 Å². The van der Waals surface area contributed by atoms with Crippen LogP contribution in [0.15, 0.2) is 23.0 Å². The summed E-state index contributed by atoms with van der Waals surface area (Å²) in [6.07, 6.45) is 0. The number of nitrogens with one attached hydrogen (secondary N) is 2. The van der Waals surface area contributed by atoms with Gasteiger partial charge in [-0.15, -0.1) is 0 Å². The number of nitrogens with zero attached hydrogens (tertiary/aromatic N) is 1. The highest BCUT2D eigenvalue weighted by molar-refractivity contribution is 5.76. The molecule has 1 aromatic carbocycles. The van der Waals surface area contributed by atoms with Gasteiger partial charge in [0.15, 0.2) is 0 Å². The normalized spacial score (nSPS) is 10.1. The smallest absolute Gasteiger partial charge is 0.309 e. The van der Waals surface area contributed by atoms with Crippen LogP contribution >= 0.6 is 0 Å². The first kappa shape index (κ1) is 10.5. The third-order valence-corrected chi connectivity index (χ3v) is 2.40. The number of fused-ring (bicyclic) bond motifs is 1. The minimum Gasteiger partial charge on any atom is -0.309 e. The van der Waals surface area contributed by atoms with Crippen molar-refractivity contribution in [3.8, 4) is 11.8 Å². The van der Waals surface area contributed by atoms with E-state index in [4.69, 9.17) is 0 Å². The molecule has 82 valence electrons. The third-order valence-electron chi connectivity index (χ3n) is 2.40. The maximum atomic E-state index is 11.4. The van der Waals surface area contributed by atoms with E-state index >= 15 is 0 Å². The van der Waals surface area contributed by atoms with Gasteiger partial charge in [-0.2, -0.15) is 0 Å². The van der Waals surface area contributed by atoms with Gasteiger partial charge < -0.3 is 10.3 Å². The number of aryl methyl sites for hydroxylation is 1. The van der Waals surface area contributed by atoms with E-state index < -0.39 is 0 Å². The van der Waals surface area contributed by atoms with E-state index in [2.05, 4.69) is 22.1 Å². The van der Waals surface area contributed by atoms with E-state index in [1.54, 1.807) is 11.6 Å². The Morgan fingerprint density at radius 3 is 3.06 bits per heavy atom. The Bertz CT molecular complexity index is 625. The van der Waals surface area contributed by atoms with Crippen molar-refractivity contribution in [1.82, 2.24) is 14.9 Å². The summed E-state index contributed by atoms with van der Waals surface area (Å²) in [7, 11) is 3.60. The lowest BCUT2D eigenvalue weighted by molar-refractivity contribution is 0.891. The van der Waals surface area contributed by atoms with Crippen LogP contribution in [0.5, 0.6) is 0 Å². The molecular formula is C12H13N3O.